The van der Waals surface area contributed by atoms with Gasteiger partial charge in [-0.05, 0) is 68.4 Å². The van der Waals surface area contributed by atoms with Crippen LogP contribution < -0.4 is 11.4 Å². The first-order chi connectivity index (χ1) is 14.9. The zero-order valence-electron chi connectivity index (χ0n) is 17.5. The predicted molar refractivity (Wildman–Crippen MR) is 113 cm³/mol. The number of ether oxygens (including phenoxy) is 1. The van der Waals surface area contributed by atoms with Crippen molar-refractivity contribution in [3.63, 3.8) is 0 Å². The van der Waals surface area contributed by atoms with Crippen LogP contribution in [0.2, 0.25) is 0 Å². The first-order valence-corrected chi connectivity index (χ1v) is 11.4. The standard InChI is InChI=1S/C23H28N4O4/c24-20(28)23-9-13-7-14(10-23)19(15(8-13)11-23)31-22(30)26-6-5-16(12-26)27-18-4-2-1-3-17(18)25-21(27)29/h1-4,13-16,19H,5-12H2,(H2,24,28)(H,25,29)/t13?,14-,15?,16+,19?,23-/m0/s1. The minimum Gasteiger partial charge on any atom is -0.446 e. The zero-order valence-corrected chi connectivity index (χ0v) is 17.5. The second-order valence-corrected chi connectivity index (χ2v) is 10.2. The molecule has 2 heterocycles. The Balaban J connectivity index is 1.16. The average Bonchev–Trinajstić information content (AvgIpc) is 3.33. The van der Waals surface area contributed by atoms with E-state index in [1.54, 1.807) is 9.47 Å². The Kier molecular flexibility index (Phi) is 4.04. The topological polar surface area (TPSA) is 110 Å². The lowest BCUT2D eigenvalue weighted by Gasteiger charge is -2.58. The van der Waals surface area contributed by atoms with Crippen LogP contribution in [-0.4, -0.2) is 45.6 Å². The smallest absolute Gasteiger partial charge is 0.410 e. The number of imidazole rings is 1. The highest BCUT2D eigenvalue weighted by atomic mass is 16.6. The first-order valence-electron chi connectivity index (χ1n) is 11.4. The molecule has 164 valence electrons. The summed E-state index contributed by atoms with van der Waals surface area (Å²) in [6, 6.07) is 7.57. The number of aromatic amines is 1. The van der Waals surface area contributed by atoms with Gasteiger partial charge < -0.3 is 20.4 Å². The van der Waals surface area contributed by atoms with E-state index in [2.05, 4.69) is 4.98 Å². The van der Waals surface area contributed by atoms with Crippen LogP contribution in [-0.2, 0) is 9.53 Å². The van der Waals surface area contributed by atoms with Gasteiger partial charge in [-0.25, -0.2) is 9.59 Å². The number of nitrogens with zero attached hydrogens (tertiary/aromatic N) is 2. The van der Waals surface area contributed by atoms with Crippen LogP contribution in [0.25, 0.3) is 11.0 Å². The van der Waals surface area contributed by atoms with Gasteiger partial charge in [0.25, 0.3) is 0 Å². The molecular weight excluding hydrogens is 396 g/mol. The molecule has 0 radical (unpaired) electrons. The molecule has 8 heteroatoms. The highest BCUT2D eigenvalue weighted by Crippen LogP contribution is 2.60. The molecule has 0 spiro atoms. The maximum absolute atomic E-state index is 13.0. The number of primary amides is 1. The van der Waals surface area contributed by atoms with Crippen molar-refractivity contribution in [2.24, 2.45) is 28.9 Å². The van der Waals surface area contributed by atoms with Crippen molar-refractivity contribution in [2.75, 3.05) is 13.1 Å². The molecule has 5 fully saturated rings. The first kappa shape index (κ1) is 19.0. The van der Waals surface area contributed by atoms with Crippen LogP contribution in [0.4, 0.5) is 4.79 Å². The number of fused-ring (bicyclic) bond motifs is 1. The van der Waals surface area contributed by atoms with Crippen LogP contribution in [0.5, 0.6) is 0 Å². The van der Waals surface area contributed by atoms with Crippen LogP contribution in [0, 0.1) is 23.2 Å². The number of hydrogen-bond donors (Lipinski definition) is 2. The quantitative estimate of drug-likeness (QED) is 0.788. The molecule has 1 saturated heterocycles. The maximum atomic E-state index is 13.0. The van der Waals surface area contributed by atoms with Gasteiger partial charge in [-0.15, -0.1) is 0 Å². The van der Waals surface area contributed by atoms with Crippen molar-refractivity contribution in [3.05, 3.63) is 34.7 Å². The van der Waals surface area contributed by atoms with E-state index in [0.717, 1.165) is 49.6 Å². The second-order valence-electron chi connectivity index (χ2n) is 10.2. The average molecular weight is 425 g/mol. The lowest BCUT2D eigenvalue weighted by molar-refractivity contribution is -0.161. The number of hydrogen-bond acceptors (Lipinski definition) is 4. The van der Waals surface area contributed by atoms with E-state index in [0.29, 0.717) is 19.0 Å². The van der Waals surface area contributed by atoms with Gasteiger partial charge in [0.2, 0.25) is 5.91 Å². The number of amides is 2. The molecule has 7 rings (SSSR count). The van der Waals surface area contributed by atoms with Crippen molar-refractivity contribution in [1.29, 1.82) is 0 Å². The van der Waals surface area contributed by atoms with Crippen LogP contribution in [0.3, 0.4) is 0 Å². The SMILES string of the molecule is NC(=O)[C@]12CC3CC(C1)C(OC(=O)N1CC[C@@H](n4c(=O)[nH]c5ccccc54)C1)[C@@H](C3)C2. The number of nitrogens with one attached hydrogen (secondary N) is 1. The Hall–Kier alpha value is -2.77. The van der Waals surface area contributed by atoms with Gasteiger partial charge in [0.05, 0.1) is 22.5 Å². The fraction of sp³-hybridized carbons (Fsp3) is 0.609. The molecule has 4 bridgehead atoms. The Bertz CT molecular complexity index is 1100. The second kappa shape index (κ2) is 6.61. The molecule has 2 aromatic rings. The third kappa shape index (κ3) is 2.83. The normalized spacial score (nSPS) is 36.3. The Morgan fingerprint density at radius 2 is 1.87 bits per heavy atom. The summed E-state index contributed by atoms with van der Waals surface area (Å²) in [5.74, 6) is 0.822. The maximum Gasteiger partial charge on any atom is 0.410 e. The van der Waals surface area contributed by atoms with Crippen molar-refractivity contribution >= 4 is 23.0 Å². The van der Waals surface area contributed by atoms with Crippen molar-refractivity contribution in [2.45, 2.75) is 50.7 Å². The van der Waals surface area contributed by atoms with Gasteiger partial charge in [-0.1, -0.05) is 12.1 Å². The van der Waals surface area contributed by atoms with E-state index in [1.807, 2.05) is 24.3 Å². The van der Waals surface area contributed by atoms with E-state index in [9.17, 15) is 14.4 Å². The van der Waals surface area contributed by atoms with Crippen molar-refractivity contribution in [1.82, 2.24) is 14.5 Å². The minimum atomic E-state index is -0.380. The van der Waals surface area contributed by atoms with E-state index in [4.69, 9.17) is 10.5 Å². The van der Waals surface area contributed by atoms with Crippen LogP contribution in [0.15, 0.2) is 29.1 Å². The van der Waals surface area contributed by atoms with Gasteiger partial charge in [0, 0.05) is 13.1 Å². The van der Waals surface area contributed by atoms with Gasteiger partial charge in [-0.2, -0.15) is 0 Å². The van der Waals surface area contributed by atoms with Gasteiger partial charge >= 0.3 is 11.8 Å². The van der Waals surface area contributed by atoms with Crippen LogP contribution in [0.1, 0.15) is 44.6 Å². The van der Waals surface area contributed by atoms with E-state index in [1.165, 1.54) is 0 Å². The molecule has 4 aliphatic carbocycles. The Labute approximate surface area is 179 Å². The fourth-order valence-electron chi connectivity index (χ4n) is 7.22. The monoisotopic (exact) mass is 424 g/mol. The summed E-state index contributed by atoms with van der Waals surface area (Å²) in [4.78, 5) is 42.3. The fourth-order valence-corrected chi connectivity index (χ4v) is 7.22. The zero-order chi connectivity index (χ0) is 21.3. The molecule has 3 N–H and O–H groups in total. The molecule has 31 heavy (non-hydrogen) atoms. The molecule has 8 nitrogen and oxygen atoms in total. The Morgan fingerprint density at radius 1 is 1.13 bits per heavy atom. The molecule has 6 atom stereocenters. The lowest BCUT2D eigenvalue weighted by atomic mass is 9.48. The van der Waals surface area contributed by atoms with Crippen molar-refractivity contribution in [3.8, 4) is 0 Å². The molecule has 3 unspecified atom stereocenters. The molecule has 1 aromatic heterocycles. The molecule has 1 aliphatic heterocycles. The van der Waals surface area contributed by atoms with E-state index >= 15 is 0 Å². The third-order valence-electron chi connectivity index (χ3n) is 8.36. The summed E-state index contributed by atoms with van der Waals surface area (Å²) >= 11 is 0. The molecule has 1 aromatic carbocycles. The molecule has 2 amide bonds. The number of para-hydroxylation sites is 2. The predicted octanol–water partition coefficient (Wildman–Crippen LogP) is 2.39. The largest absolute Gasteiger partial charge is 0.446 e. The number of carbonyl (C=O) groups is 2. The lowest BCUT2D eigenvalue weighted by Crippen LogP contribution is -2.59. The highest BCUT2D eigenvalue weighted by molar-refractivity contribution is 5.81. The number of benzene rings is 1. The van der Waals surface area contributed by atoms with Gasteiger partial charge in [0.15, 0.2) is 0 Å². The summed E-state index contributed by atoms with van der Waals surface area (Å²) in [6.07, 6.45) is 4.77. The van der Waals surface area contributed by atoms with Gasteiger partial charge in [0.1, 0.15) is 6.10 Å². The summed E-state index contributed by atoms with van der Waals surface area (Å²) in [5.41, 5.74) is 6.92. The summed E-state index contributed by atoms with van der Waals surface area (Å²) in [6.45, 7) is 1.04. The van der Waals surface area contributed by atoms with Crippen molar-refractivity contribution < 1.29 is 14.3 Å². The third-order valence-corrected chi connectivity index (χ3v) is 8.36. The number of carbonyl (C=O) groups excluding carboxylic acids is 2. The molecule has 4 saturated carbocycles. The number of aromatic nitrogens is 2. The summed E-state index contributed by atoms with van der Waals surface area (Å²) < 4.78 is 7.82. The van der Waals surface area contributed by atoms with Gasteiger partial charge in [-0.3, -0.25) is 9.36 Å². The van der Waals surface area contributed by atoms with E-state index < -0.39 is 0 Å². The number of likely N-dealkylation sites (tertiary alicyclic amines) is 1. The number of nitrogens with two attached hydrogens (primary N) is 1. The summed E-state index contributed by atoms with van der Waals surface area (Å²) in [5, 5.41) is 0. The summed E-state index contributed by atoms with van der Waals surface area (Å²) in [7, 11) is 0. The van der Waals surface area contributed by atoms with Crippen LogP contribution >= 0.6 is 0 Å². The Morgan fingerprint density at radius 3 is 2.61 bits per heavy atom. The minimum absolute atomic E-state index is 0.0622. The number of rotatable bonds is 3. The molecule has 5 aliphatic rings. The molecular formula is C23H28N4O4. The van der Waals surface area contributed by atoms with E-state index in [-0.39, 0.29) is 47.1 Å². The number of H-pyrrole nitrogens is 1. The highest BCUT2D eigenvalue weighted by Gasteiger charge is 2.59.